The number of nitrogens with zero attached hydrogens (tertiary/aromatic N) is 1. The molecule has 0 aliphatic heterocycles. The van der Waals surface area contributed by atoms with Gasteiger partial charge in [0, 0.05) is 11.0 Å². The Morgan fingerprint density at radius 3 is 1.91 bits per heavy atom. The van der Waals surface area contributed by atoms with E-state index in [2.05, 4.69) is 0 Å². The van der Waals surface area contributed by atoms with Crippen LogP contribution in [0, 0.1) is 17.0 Å². The van der Waals surface area contributed by atoms with Gasteiger partial charge in [-0.15, -0.1) is 0 Å². The van der Waals surface area contributed by atoms with Crippen LogP contribution in [-0.2, 0) is 23.9 Å². The van der Waals surface area contributed by atoms with E-state index in [9.17, 15) is 26.9 Å². The van der Waals surface area contributed by atoms with Crippen molar-refractivity contribution in [3.05, 3.63) is 88.5 Å². The van der Waals surface area contributed by atoms with Gasteiger partial charge < -0.3 is 4.18 Å². The summed E-state index contributed by atoms with van der Waals surface area (Å²) in [6.07, 6.45) is 3.25. The van der Waals surface area contributed by atoms with E-state index in [0.29, 0.717) is 4.90 Å². The van der Waals surface area contributed by atoms with Crippen LogP contribution in [0.1, 0.15) is 5.56 Å². The highest BCUT2D eigenvalue weighted by molar-refractivity contribution is 8.32. The molecule has 0 unspecified atom stereocenters. The first-order valence-electron chi connectivity index (χ1n) is 9.36. The predicted molar refractivity (Wildman–Crippen MR) is 125 cm³/mol. The molecule has 3 rings (SSSR count). The fraction of sp³-hybridized carbons (Fsp3) is 0.143. The lowest BCUT2D eigenvalue weighted by molar-refractivity contribution is -0.385. The van der Waals surface area contributed by atoms with Crippen LogP contribution in [0.4, 0.5) is 5.69 Å². The van der Waals surface area contributed by atoms with Crippen molar-refractivity contribution in [3.8, 4) is 5.75 Å². The SMILES string of the molecule is Cc1ccc(S(=O)(=O)Oc2ccc(S(=O)(=O)OS(C)(C)c3ccccc3)cc2[N+](=O)[O-])cc1. The van der Waals surface area contributed by atoms with Crippen LogP contribution in [0.5, 0.6) is 5.75 Å². The van der Waals surface area contributed by atoms with Crippen LogP contribution in [0.3, 0.4) is 0 Å². The monoisotopic (exact) mass is 511 g/mol. The van der Waals surface area contributed by atoms with Crippen molar-refractivity contribution in [1.29, 1.82) is 0 Å². The normalized spacial score (nSPS) is 12.8. The van der Waals surface area contributed by atoms with E-state index in [-0.39, 0.29) is 4.90 Å². The molecule has 0 saturated heterocycles. The summed E-state index contributed by atoms with van der Waals surface area (Å²) < 4.78 is 61.2. The Labute approximate surface area is 193 Å². The second-order valence-corrected chi connectivity index (χ2v) is 13.7. The van der Waals surface area contributed by atoms with Gasteiger partial charge >= 0.3 is 25.9 Å². The minimum absolute atomic E-state index is 0.198. The lowest BCUT2D eigenvalue weighted by Gasteiger charge is -2.30. The van der Waals surface area contributed by atoms with Crippen molar-refractivity contribution in [2.24, 2.45) is 0 Å². The van der Waals surface area contributed by atoms with Gasteiger partial charge in [-0.05, 0) is 55.8 Å². The van der Waals surface area contributed by atoms with E-state index in [1.807, 2.05) is 0 Å². The average molecular weight is 512 g/mol. The van der Waals surface area contributed by atoms with Crippen LogP contribution in [-0.4, -0.2) is 34.3 Å². The number of aryl methyl sites for hydroxylation is 1. The largest absolute Gasteiger partial charge is 0.372 e. The Kier molecular flexibility index (Phi) is 6.84. The molecule has 33 heavy (non-hydrogen) atoms. The van der Waals surface area contributed by atoms with Crippen LogP contribution in [0.2, 0.25) is 0 Å². The summed E-state index contributed by atoms with van der Waals surface area (Å²) in [4.78, 5) is 10.6. The van der Waals surface area contributed by atoms with E-state index < -0.39 is 51.8 Å². The Hall–Kier alpha value is -2.93. The van der Waals surface area contributed by atoms with Gasteiger partial charge in [0.15, 0.2) is 0 Å². The van der Waals surface area contributed by atoms with Gasteiger partial charge in [0.2, 0.25) is 5.75 Å². The quantitative estimate of drug-likeness (QED) is 0.247. The minimum atomic E-state index is -4.41. The van der Waals surface area contributed by atoms with Crippen LogP contribution >= 0.6 is 10.3 Å². The molecule has 0 amide bonds. The predicted octanol–water partition coefficient (Wildman–Crippen LogP) is 4.41. The highest BCUT2D eigenvalue weighted by Crippen LogP contribution is 2.52. The van der Waals surface area contributed by atoms with Gasteiger partial charge in [0.25, 0.3) is 0 Å². The first-order chi connectivity index (χ1) is 15.3. The van der Waals surface area contributed by atoms with Gasteiger partial charge in [0.1, 0.15) is 9.79 Å². The molecule has 3 aromatic carbocycles. The number of hydrogen-bond acceptors (Lipinski definition) is 8. The molecule has 0 aromatic heterocycles. The summed E-state index contributed by atoms with van der Waals surface area (Å²) in [5.41, 5.74) is -0.0158. The molecule has 0 bridgehead atoms. The molecule has 0 saturated carbocycles. The van der Waals surface area contributed by atoms with Crippen molar-refractivity contribution < 1.29 is 29.6 Å². The van der Waals surface area contributed by atoms with Crippen molar-refractivity contribution in [1.82, 2.24) is 0 Å². The van der Waals surface area contributed by atoms with Gasteiger partial charge in [-0.2, -0.15) is 16.8 Å². The third-order valence-electron chi connectivity index (χ3n) is 4.50. The van der Waals surface area contributed by atoms with Gasteiger partial charge in [-0.1, -0.05) is 46.2 Å². The second-order valence-electron chi connectivity index (χ2n) is 7.31. The Morgan fingerprint density at radius 2 is 1.33 bits per heavy atom. The molecular weight excluding hydrogens is 490 g/mol. The average Bonchev–Trinajstić information content (AvgIpc) is 2.73. The maximum absolute atomic E-state index is 12.9. The maximum Gasteiger partial charge on any atom is 0.339 e. The zero-order valence-corrected chi connectivity index (χ0v) is 20.3. The molecule has 0 aliphatic rings. The zero-order valence-electron chi connectivity index (χ0n) is 17.9. The summed E-state index contributed by atoms with van der Waals surface area (Å²) in [6, 6.07) is 17.1. The molecule has 0 aliphatic carbocycles. The molecule has 0 heterocycles. The van der Waals surface area contributed by atoms with E-state index >= 15 is 0 Å². The van der Waals surface area contributed by atoms with E-state index in [0.717, 1.165) is 23.8 Å². The van der Waals surface area contributed by atoms with E-state index in [1.54, 1.807) is 61.9 Å². The third-order valence-corrected chi connectivity index (χ3v) is 10.1. The number of hydrogen-bond donors (Lipinski definition) is 0. The van der Waals surface area contributed by atoms with Crippen molar-refractivity contribution in [3.63, 3.8) is 0 Å². The second kappa shape index (κ2) is 9.14. The van der Waals surface area contributed by atoms with Crippen LogP contribution < -0.4 is 4.18 Å². The van der Waals surface area contributed by atoms with Crippen molar-refractivity contribution >= 4 is 36.2 Å². The molecule has 12 heteroatoms. The Balaban J connectivity index is 1.95. The number of rotatable bonds is 8. The first kappa shape index (κ1) is 24.7. The zero-order chi connectivity index (χ0) is 24.4. The molecule has 0 fully saturated rings. The lowest BCUT2D eigenvalue weighted by atomic mass is 10.2. The van der Waals surface area contributed by atoms with Crippen molar-refractivity contribution in [2.75, 3.05) is 12.5 Å². The molecule has 0 spiro atoms. The number of nitro benzene ring substituents is 1. The van der Waals surface area contributed by atoms with E-state index in [1.165, 1.54) is 12.1 Å². The van der Waals surface area contributed by atoms with Crippen molar-refractivity contribution in [2.45, 2.75) is 21.6 Å². The van der Waals surface area contributed by atoms with E-state index in [4.69, 9.17) is 7.81 Å². The standard InChI is InChI=1S/C21H21NO8S3/c1-16-9-11-18(12-10-16)32(25,26)29-21-14-13-19(15-20(21)22(23)24)33(27,28)30-31(2,3)17-7-5-4-6-8-17/h4-15H,1-3H3. The van der Waals surface area contributed by atoms with Gasteiger partial charge in [-0.3, -0.25) is 10.1 Å². The summed E-state index contributed by atoms with van der Waals surface area (Å²) in [7, 11) is -11.1. The Morgan fingerprint density at radius 1 is 0.758 bits per heavy atom. The topological polar surface area (TPSA) is 130 Å². The lowest BCUT2D eigenvalue weighted by Crippen LogP contribution is -2.13. The fourth-order valence-corrected chi connectivity index (χ4v) is 7.45. The van der Waals surface area contributed by atoms with Gasteiger partial charge in [-0.25, -0.2) is 3.63 Å². The number of benzene rings is 3. The fourth-order valence-electron chi connectivity index (χ4n) is 2.79. The molecule has 0 N–H and O–H groups in total. The summed E-state index contributed by atoms with van der Waals surface area (Å²) >= 11 is 0. The molecular formula is C21H21NO8S3. The molecule has 0 atom stereocenters. The summed E-state index contributed by atoms with van der Waals surface area (Å²) in [6.45, 7) is 1.77. The smallest absolute Gasteiger partial charge is 0.339 e. The third kappa shape index (κ3) is 5.71. The minimum Gasteiger partial charge on any atom is -0.372 e. The molecule has 9 nitrogen and oxygen atoms in total. The molecule has 176 valence electrons. The Bertz CT molecular complexity index is 1390. The van der Waals surface area contributed by atoms with Gasteiger partial charge in [0.05, 0.1) is 4.92 Å². The summed E-state index contributed by atoms with van der Waals surface area (Å²) in [5.74, 6) is -0.616. The summed E-state index contributed by atoms with van der Waals surface area (Å²) in [5, 5.41) is 11.6. The number of nitro groups is 1. The van der Waals surface area contributed by atoms with Crippen LogP contribution in [0.25, 0.3) is 0 Å². The molecule has 0 radical (unpaired) electrons. The first-order valence-corrected chi connectivity index (χ1v) is 14.5. The maximum atomic E-state index is 12.9. The highest BCUT2D eigenvalue weighted by Gasteiger charge is 2.30. The highest BCUT2D eigenvalue weighted by atomic mass is 32.3. The molecule has 3 aromatic rings. The van der Waals surface area contributed by atoms with Crippen LogP contribution in [0.15, 0.2) is 87.5 Å².